The van der Waals surface area contributed by atoms with Crippen LogP contribution in [0.3, 0.4) is 0 Å². The summed E-state index contributed by atoms with van der Waals surface area (Å²) in [4.78, 5) is 8.25. The second-order valence-electron chi connectivity index (χ2n) is 3.74. The summed E-state index contributed by atoms with van der Waals surface area (Å²) in [6, 6.07) is 13.8. The number of ether oxygens (including phenoxy) is 1. The normalized spacial score (nSPS) is 10.5. The van der Waals surface area contributed by atoms with Crippen molar-refractivity contribution in [2.45, 2.75) is 0 Å². The Kier molecular flexibility index (Phi) is 2.61. The number of nitrogens with zero attached hydrogens (tertiary/aromatic N) is 2. The number of hydrogen-bond acceptors (Lipinski definition) is 3. The first kappa shape index (κ1) is 10.7. The van der Waals surface area contributed by atoms with Crippen molar-refractivity contribution in [1.82, 2.24) is 9.97 Å². The number of hydrogen-bond donors (Lipinski definition) is 0. The fourth-order valence-corrected chi connectivity index (χ4v) is 1.63. The molecule has 0 fully saturated rings. The summed E-state index contributed by atoms with van der Waals surface area (Å²) in [5.74, 6) is -0.318. The van der Waals surface area contributed by atoms with Gasteiger partial charge in [0.05, 0.1) is 5.52 Å². The van der Waals surface area contributed by atoms with Gasteiger partial charge >= 0.3 is 6.01 Å². The Hall–Kier alpha value is -2.49. The minimum Gasteiger partial charge on any atom is -0.421 e. The Balaban J connectivity index is 1.98. The van der Waals surface area contributed by atoms with Crippen molar-refractivity contribution < 1.29 is 9.13 Å². The summed E-state index contributed by atoms with van der Waals surface area (Å²) in [5.41, 5.74) is 0.763. The molecule has 18 heavy (non-hydrogen) atoms. The molecule has 0 aliphatic rings. The van der Waals surface area contributed by atoms with E-state index in [0.717, 1.165) is 10.9 Å². The largest absolute Gasteiger partial charge is 0.421 e. The Morgan fingerprint density at radius 1 is 0.944 bits per heavy atom. The summed E-state index contributed by atoms with van der Waals surface area (Å²) in [6.07, 6.45) is 1.65. The molecule has 3 rings (SSSR count). The number of fused-ring (bicyclic) bond motifs is 1. The van der Waals surface area contributed by atoms with Crippen LogP contribution >= 0.6 is 0 Å². The van der Waals surface area contributed by atoms with Gasteiger partial charge in [-0.1, -0.05) is 30.3 Å². The Labute approximate surface area is 103 Å². The predicted octanol–water partition coefficient (Wildman–Crippen LogP) is 3.56. The maximum absolute atomic E-state index is 13.4. The fourth-order valence-electron chi connectivity index (χ4n) is 1.63. The number of aromatic nitrogens is 2. The van der Waals surface area contributed by atoms with Crippen molar-refractivity contribution in [2.24, 2.45) is 0 Å². The second kappa shape index (κ2) is 4.41. The van der Waals surface area contributed by atoms with Crippen molar-refractivity contribution in [3.05, 3.63) is 60.5 Å². The molecule has 0 saturated carbocycles. The molecular weight excluding hydrogens is 231 g/mol. The third-order valence-corrected chi connectivity index (χ3v) is 2.50. The molecule has 4 heteroatoms. The van der Waals surface area contributed by atoms with E-state index in [4.69, 9.17) is 4.74 Å². The van der Waals surface area contributed by atoms with Gasteiger partial charge in [-0.25, -0.2) is 9.37 Å². The molecule has 1 aromatic heterocycles. The maximum Gasteiger partial charge on any atom is 0.322 e. The van der Waals surface area contributed by atoms with E-state index >= 15 is 0 Å². The highest BCUT2D eigenvalue weighted by molar-refractivity contribution is 5.77. The number of rotatable bonds is 2. The zero-order valence-electron chi connectivity index (χ0n) is 9.38. The topological polar surface area (TPSA) is 35.0 Å². The highest BCUT2D eigenvalue weighted by Crippen LogP contribution is 2.22. The van der Waals surface area contributed by atoms with Crippen LogP contribution in [0.5, 0.6) is 11.8 Å². The maximum atomic E-state index is 13.4. The SMILES string of the molecule is Fc1ccccc1Oc1ncc2ccccc2n1. The van der Waals surface area contributed by atoms with E-state index in [1.54, 1.807) is 18.3 Å². The quantitative estimate of drug-likeness (QED) is 0.687. The van der Waals surface area contributed by atoms with E-state index in [1.807, 2.05) is 24.3 Å². The van der Waals surface area contributed by atoms with E-state index in [1.165, 1.54) is 12.1 Å². The lowest BCUT2D eigenvalue weighted by Gasteiger charge is -2.05. The molecule has 0 amide bonds. The minimum absolute atomic E-state index is 0.118. The zero-order valence-corrected chi connectivity index (χ0v) is 9.38. The average molecular weight is 240 g/mol. The van der Waals surface area contributed by atoms with Gasteiger partial charge in [-0.15, -0.1) is 0 Å². The molecule has 0 bridgehead atoms. The van der Waals surface area contributed by atoms with Crippen molar-refractivity contribution in [1.29, 1.82) is 0 Å². The fraction of sp³-hybridized carbons (Fsp3) is 0. The van der Waals surface area contributed by atoms with Crippen molar-refractivity contribution in [2.75, 3.05) is 0 Å². The van der Waals surface area contributed by atoms with Gasteiger partial charge in [-0.3, -0.25) is 0 Å². The molecule has 1 heterocycles. The number of halogens is 1. The highest BCUT2D eigenvalue weighted by Gasteiger charge is 2.06. The van der Waals surface area contributed by atoms with E-state index in [2.05, 4.69) is 9.97 Å². The third-order valence-electron chi connectivity index (χ3n) is 2.50. The molecule has 0 N–H and O–H groups in total. The minimum atomic E-state index is -0.436. The van der Waals surface area contributed by atoms with Crippen LogP contribution in [-0.4, -0.2) is 9.97 Å². The standard InChI is InChI=1S/C14H9FN2O/c15-11-6-2-4-8-13(11)18-14-16-9-10-5-1-3-7-12(10)17-14/h1-9H. The van der Waals surface area contributed by atoms with E-state index in [-0.39, 0.29) is 11.8 Å². The van der Waals surface area contributed by atoms with Gasteiger partial charge in [0.2, 0.25) is 0 Å². The van der Waals surface area contributed by atoms with Crippen molar-refractivity contribution >= 4 is 10.9 Å². The molecular formula is C14H9FN2O. The average Bonchev–Trinajstić information content (AvgIpc) is 2.41. The molecule has 88 valence electrons. The summed E-state index contributed by atoms with van der Waals surface area (Å²) >= 11 is 0. The van der Waals surface area contributed by atoms with Crippen LogP contribution in [0.1, 0.15) is 0 Å². The zero-order chi connectivity index (χ0) is 12.4. The molecule has 0 spiro atoms. The lowest BCUT2D eigenvalue weighted by atomic mass is 10.2. The molecule has 0 aliphatic carbocycles. The monoisotopic (exact) mass is 240 g/mol. The summed E-state index contributed by atoms with van der Waals surface area (Å²) < 4.78 is 18.7. The van der Waals surface area contributed by atoms with Crippen LogP contribution in [0.15, 0.2) is 54.7 Å². The molecule has 0 saturated heterocycles. The summed E-state index contributed by atoms with van der Waals surface area (Å²) in [5, 5.41) is 0.915. The van der Waals surface area contributed by atoms with Crippen molar-refractivity contribution in [3.63, 3.8) is 0 Å². The van der Waals surface area contributed by atoms with E-state index in [0.29, 0.717) is 0 Å². The van der Waals surface area contributed by atoms with Crippen LogP contribution in [0.25, 0.3) is 10.9 Å². The summed E-state index contributed by atoms with van der Waals surface area (Å²) in [6.45, 7) is 0. The van der Waals surface area contributed by atoms with Crippen LogP contribution < -0.4 is 4.74 Å². The highest BCUT2D eigenvalue weighted by atomic mass is 19.1. The van der Waals surface area contributed by atoms with Gasteiger partial charge in [0, 0.05) is 11.6 Å². The number of para-hydroxylation sites is 2. The summed E-state index contributed by atoms with van der Waals surface area (Å²) in [7, 11) is 0. The number of benzene rings is 2. The van der Waals surface area contributed by atoms with Crippen LogP contribution in [0, 0.1) is 5.82 Å². The molecule has 0 aliphatic heterocycles. The third kappa shape index (κ3) is 2.00. The van der Waals surface area contributed by atoms with E-state index in [9.17, 15) is 4.39 Å². The Morgan fingerprint density at radius 2 is 1.72 bits per heavy atom. The predicted molar refractivity (Wildman–Crippen MR) is 66.0 cm³/mol. The van der Waals surface area contributed by atoms with Gasteiger partial charge in [-0.2, -0.15) is 4.98 Å². The van der Waals surface area contributed by atoms with Crippen LogP contribution in [0.2, 0.25) is 0 Å². The lowest BCUT2D eigenvalue weighted by Crippen LogP contribution is -1.93. The lowest BCUT2D eigenvalue weighted by molar-refractivity contribution is 0.413. The van der Waals surface area contributed by atoms with Crippen LogP contribution in [-0.2, 0) is 0 Å². The smallest absolute Gasteiger partial charge is 0.322 e. The molecule has 3 aromatic rings. The van der Waals surface area contributed by atoms with Gasteiger partial charge in [0.25, 0.3) is 0 Å². The van der Waals surface area contributed by atoms with Gasteiger partial charge in [-0.05, 0) is 18.2 Å². The Bertz CT molecular complexity index is 700. The molecule has 3 nitrogen and oxygen atoms in total. The molecule has 0 unspecified atom stereocenters. The Morgan fingerprint density at radius 3 is 2.61 bits per heavy atom. The second-order valence-corrected chi connectivity index (χ2v) is 3.74. The van der Waals surface area contributed by atoms with Crippen LogP contribution in [0.4, 0.5) is 4.39 Å². The van der Waals surface area contributed by atoms with E-state index < -0.39 is 5.82 Å². The van der Waals surface area contributed by atoms with Gasteiger partial charge in [0.1, 0.15) is 0 Å². The van der Waals surface area contributed by atoms with Gasteiger partial charge < -0.3 is 4.74 Å². The molecule has 0 radical (unpaired) electrons. The first-order valence-electron chi connectivity index (χ1n) is 5.47. The molecule has 0 atom stereocenters. The first-order chi connectivity index (χ1) is 8.83. The first-order valence-corrected chi connectivity index (χ1v) is 5.47. The van der Waals surface area contributed by atoms with Gasteiger partial charge in [0.15, 0.2) is 11.6 Å². The van der Waals surface area contributed by atoms with Crippen molar-refractivity contribution in [3.8, 4) is 11.8 Å². The molecule has 2 aromatic carbocycles.